The quantitative estimate of drug-likeness (QED) is 0.797. The minimum absolute atomic E-state index is 0.0614. The molecule has 1 heterocycles. The summed E-state index contributed by atoms with van der Waals surface area (Å²) in [5.74, 6) is -0.494. The normalized spacial score (nSPS) is 11.5. The summed E-state index contributed by atoms with van der Waals surface area (Å²) in [6, 6.07) is 4.73. The SMILES string of the molecule is Cc1sc(C(=O)Nc2cc(Br)cc(C(F)(F)F)c2)cc1N. The molecule has 3 N–H and O–H groups in total. The van der Waals surface area contributed by atoms with E-state index >= 15 is 0 Å². The number of nitrogens with one attached hydrogen (secondary N) is 1. The van der Waals surface area contributed by atoms with Gasteiger partial charge in [0.2, 0.25) is 0 Å². The average Bonchev–Trinajstić information content (AvgIpc) is 2.68. The predicted octanol–water partition coefficient (Wildman–Crippen LogP) is 4.67. The molecule has 0 aliphatic carbocycles. The Bertz CT molecular complexity index is 678. The number of amides is 1. The molecule has 0 radical (unpaired) electrons. The maximum atomic E-state index is 12.7. The van der Waals surface area contributed by atoms with Gasteiger partial charge >= 0.3 is 6.18 Å². The molecular weight excluding hydrogens is 369 g/mol. The summed E-state index contributed by atoms with van der Waals surface area (Å²) < 4.78 is 38.4. The summed E-state index contributed by atoms with van der Waals surface area (Å²) >= 11 is 4.18. The van der Waals surface area contributed by atoms with Gasteiger partial charge in [-0.15, -0.1) is 11.3 Å². The number of alkyl halides is 3. The Morgan fingerprint density at radius 2 is 1.95 bits per heavy atom. The molecule has 1 aromatic heterocycles. The van der Waals surface area contributed by atoms with Crippen LogP contribution in [0.2, 0.25) is 0 Å². The topological polar surface area (TPSA) is 55.1 Å². The van der Waals surface area contributed by atoms with Crippen molar-refractivity contribution in [3.63, 3.8) is 0 Å². The van der Waals surface area contributed by atoms with E-state index in [2.05, 4.69) is 21.2 Å². The predicted molar refractivity (Wildman–Crippen MR) is 80.6 cm³/mol. The van der Waals surface area contributed by atoms with E-state index in [1.54, 1.807) is 6.92 Å². The van der Waals surface area contributed by atoms with Crippen LogP contribution < -0.4 is 11.1 Å². The number of carbonyl (C=O) groups excluding carboxylic acids is 1. The summed E-state index contributed by atoms with van der Waals surface area (Å²) in [6.07, 6.45) is -4.48. The Hall–Kier alpha value is -1.54. The number of halogens is 4. The highest BCUT2D eigenvalue weighted by Gasteiger charge is 2.31. The second kappa shape index (κ2) is 5.69. The highest BCUT2D eigenvalue weighted by molar-refractivity contribution is 9.10. The van der Waals surface area contributed by atoms with E-state index in [1.165, 1.54) is 23.5 Å². The van der Waals surface area contributed by atoms with Crippen molar-refractivity contribution in [2.75, 3.05) is 11.1 Å². The van der Waals surface area contributed by atoms with Gasteiger partial charge in [-0.3, -0.25) is 4.79 Å². The van der Waals surface area contributed by atoms with Gasteiger partial charge in [0.1, 0.15) is 0 Å². The van der Waals surface area contributed by atoms with E-state index in [0.29, 0.717) is 10.6 Å². The molecule has 1 amide bonds. The minimum atomic E-state index is -4.48. The van der Waals surface area contributed by atoms with Crippen LogP contribution >= 0.6 is 27.3 Å². The molecule has 112 valence electrons. The van der Waals surface area contributed by atoms with E-state index in [0.717, 1.165) is 17.0 Å². The number of carbonyl (C=O) groups is 1. The van der Waals surface area contributed by atoms with Gasteiger partial charge in [0.05, 0.1) is 10.4 Å². The third-order valence-corrected chi connectivity index (χ3v) is 4.19. The van der Waals surface area contributed by atoms with Gasteiger partial charge in [0.25, 0.3) is 5.91 Å². The number of hydrogen-bond acceptors (Lipinski definition) is 3. The van der Waals surface area contributed by atoms with E-state index in [9.17, 15) is 18.0 Å². The summed E-state index contributed by atoms with van der Waals surface area (Å²) in [5.41, 5.74) is 5.36. The molecule has 2 rings (SSSR count). The van der Waals surface area contributed by atoms with Gasteiger partial charge in [-0.1, -0.05) is 15.9 Å². The van der Waals surface area contributed by atoms with Gasteiger partial charge in [-0.05, 0) is 31.2 Å². The third-order valence-electron chi connectivity index (χ3n) is 2.66. The number of anilines is 2. The lowest BCUT2D eigenvalue weighted by molar-refractivity contribution is -0.137. The van der Waals surface area contributed by atoms with Crippen molar-refractivity contribution in [1.82, 2.24) is 0 Å². The van der Waals surface area contributed by atoms with Crippen LogP contribution in [0.15, 0.2) is 28.7 Å². The Morgan fingerprint density at radius 1 is 1.29 bits per heavy atom. The molecule has 0 aliphatic rings. The highest BCUT2D eigenvalue weighted by atomic mass is 79.9. The van der Waals surface area contributed by atoms with Crippen molar-refractivity contribution in [2.24, 2.45) is 0 Å². The summed E-state index contributed by atoms with van der Waals surface area (Å²) in [6.45, 7) is 1.76. The highest BCUT2D eigenvalue weighted by Crippen LogP contribution is 2.33. The number of nitrogens with two attached hydrogens (primary N) is 1. The van der Waals surface area contributed by atoms with Gasteiger partial charge < -0.3 is 11.1 Å². The number of hydrogen-bond donors (Lipinski definition) is 2. The number of rotatable bonds is 2. The zero-order valence-electron chi connectivity index (χ0n) is 10.7. The maximum Gasteiger partial charge on any atom is 0.416 e. The van der Waals surface area contributed by atoms with Crippen molar-refractivity contribution in [2.45, 2.75) is 13.1 Å². The maximum absolute atomic E-state index is 12.7. The molecule has 3 nitrogen and oxygen atoms in total. The van der Waals surface area contributed by atoms with Crippen molar-refractivity contribution < 1.29 is 18.0 Å². The van der Waals surface area contributed by atoms with E-state index < -0.39 is 17.6 Å². The second-order valence-electron chi connectivity index (χ2n) is 4.30. The van der Waals surface area contributed by atoms with Crippen molar-refractivity contribution in [1.29, 1.82) is 0 Å². The van der Waals surface area contributed by atoms with Crippen LogP contribution in [0.4, 0.5) is 24.5 Å². The monoisotopic (exact) mass is 378 g/mol. The Kier molecular flexibility index (Phi) is 4.29. The molecule has 0 fully saturated rings. The molecule has 21 heavy (non-hydrogen) atoms. The molecular formula is C13H10BrF3N2OS. The summed E-state index contributed by atoms with van der Waals surface area (Å²) in [5, 5.41) is 2.44. The summed E-state index contributed by atoms with van der Waals surface area (Å²) in [4.78, 5) is 13.1. The first-order valence-electron chi connectivity index (χ1n) is 5.72. The second-order valence-corrected chi connectivity index (χ2v) is 6.47. The Morgan fingerprint density at radius 3 is 2.48 bits per heavy atom. The molecule has 1 aromatic carbocycles. The molecule has 0 unspecified atom stereocenters. The first kappa shape index (κ1) is 15.8. The van der Waals surface area contributed by atoms with E-state index in [-0.39, 0.29) is 10.2 Å². The fraction of sp³-hybridized carbons (Fsp3) is 0.154. The largest absolute Gasteiger partial charge is 0.416 e. The average molecular weight is 379 g/mol. The molecule has 0 aliphatic heterocycles. The van der Waals surface area contributed by atoms with Gasteiger partial charge in [-0.2, -0.15) is 13.2 Å². The fourth-order valence-corrected chi connectivity index (χ4v) is 2.96. The van der Waals surface area contributed by atoms with Gasteiger partial charge in [0, 0.05) is 20.7 Å². The molecule has 0 saturated carbocycles. The van der Waals surface area contributed by atoms with Crippen molar-refractivity contribution in [3.8, 4) is 0 Å². The smallest absolute Gasteiger partial charge is 0.398 e. The zero-order chi connectivity index (χ0) is 15.8. The number of thiophene rings is 1. The third kappa shape index (κ3) is 3.76. The van der Waals surface area contributed by atoms with Gasteiger partial charge in [-0.25, -0.2) is 0 Å². The van der Waals surface area contributed by atoms with Crippen LogP contribution in [0.3, 0.4) is 0 Å². The molecule has 0 bridgehead atoms. The van der Waals surface area contributed by atoms with Crippen LogP contribution in [-0.2, 0) is 6.18 Å². The molecule has 2 aromatic rings. The number of benzene rings is 1. The molecule has 0 atom stereocenters. The van der Waals surface area contributed by atoms with Crippen LogP contribution in [0.1, 0.15) is 20.1 Å². The molecule has 0 saturated heterocycles. The van der Waals surface area contributed by atoms with Crippen LogP contribution in [0.5, 0.6) is 0 Å². The standard InChI is InChI=1S/C13H10BrF3N2OS/c1-6-10(18)5-11(21-6)12(20)19-9-3-7(13(15,16)17)2-8(14)4-9/h2-5H,18H2,1H3,(H,19,20). The first-order chi connectivity index (χ1) is 9.66. The van der Waals surface area contributed by atoms with Crippen LogP contribution in [-0.4, -0.2) is 5.91 Å². The van der Waals surface area contributed by atoms with Crippen molar-refractivity contribution >= 4 is 44.5 Å². The van der Waals surface area contributed by atoms with Crippen LogP contribution in [0.25, 0.3) is 0 Å². The van der Waals surface area contributed by atoms with E-state index in [1.807, 2.05) is 0 Å². The first-order valence-corrected chi connectivity index (χ1v) is 7.33. The van der Waals surface area contributed by atoms with Crippen LogP contribution in [0, 0.1) is 6.92 Å². The van der Waals surface area contributed by atoms with E-state index in [4.69, 9.17) is 5.73 Å². The lowest BCUT2D eigenvalue weighted by Gasteiger charge is -2.10. The summed E-state index contributed by atoms with van der Waals surface area (Å²) in [7, 11) is 0. The fourth-order valence-electron chi connectivity index (χ4n) is 1.63. The number of nitrogen functional groups attached to an aromatic ring is 1. The van der Waals surface area contributed by atoms with Crippen molar-refractivity contribution in [3.05, 3.63) is 44.1 Å². The lowest BCUT2D eigenvalue weighted by Crippen LogP contribution is -2.12. The molecule has 8 heteroatoms. The lowest BCUT2D eigenvalue weighted by atomic mass is 10.2. The minimum Gasteiger partial charge on any atom is -0.398 e. The Labute approximate surface area is 131 Å². The zero-order valence-corrected chi connectivity index (χ0v) is 13.1. The number of aryl methyl sites for hydroxylation is 1. The van der Waals surface area contributed by atoms with Gasteiger partial charge in [0.15, 0.2) is 0 Å². The molecule has 0 spiro atoms. The Balaban J connectivity index is 2.27.